The number of esters is 2. The molecule has 1 atom stereocenters. The molecule has 0 bridgehead atoms. The number of ether oxygens (including phenoxy) is 3. The summed E-state index contributed by atoms with van der Waals surface area (Å²) in [6.07, 6.45) is -0.721. The molecule has 0 fully saturated rings. The number of carbonyl (C=O) groups excluding carboxylic acids is 3. The van der Waals surface area contributed by atoms with Crippen molar-refractivity contribution in [2.45, 2.75) is 53.2 Å². The van der Waals surface area contributed by atoms with Crippen molar-refractivity contribution in [3.05, 3.63) is 0 Å². The van der Waals surface area contributed by atoms with Crippen LogP contribution < -0.4 is 5.32 Å². The predicted molar refractivity (Wildman–Crippen MR) is 75.2 cm³/mol. The van der Waals surface area contributed by atoms with Crippen LogP contribution >= 0.6 is 0 Å². The lowest BCUT2D eigenvalue weighted by Crippen LogP contribution is -2.35. The van der Waals surface area contributed by atoms with E-state index in [2.05, 4.69) is 5.32 Å². The van der Waals surface area contributed by atoms with E-state index < -0.39 is 30.3 Å². The van der Waals surface area contributed by atoms with Crippen LogP contribution in [0.5, 0.6) is 0 Å². The Morgan fingerprint density at radius 3 is 2.29 bits per heavy atom. The third-order valence-corrected chi connectivity index (χ3v) is 2.42. The molecule has 0 amide bonds. The highest BCUT2D eigenvalue weighted by Crippen LogP contribution is 2.14. The largest absolute Gasteiger partial charge is 0.463 e. The summed E-state index contributed by atoms with van der Waals surface area (Å²) in [5.74, 6) is -1.06. The van der Waals surface area contributed by atoms with Crippen LogP contribution in [0, 0.1) is 5.41 Å². The van der Waals surface area contributed by atoms with Crippen molar-refractivity contribution in [3.63, 3.8) is 0 Å². The Balaban J connectivity index is 4.08. The zero-order chi connectivity index (χ0) is 16.5. The molecule has 0 aromatic heterocycles. The van der Waals surface area contributed by atoms with Crippen molar-refractivity contribution in [2.24, 2.45) is 5.41 Å². The summed E-state index contributed by atoms with van der Waals surface area (Å²) in [6, 6.07) is 0.200. The summed E-state index contributed by atoms with van der Waals surface area (Å²) < 4.78 is 14.4. The summed E-state index contributed by atoms with van der Waals surface area (Å²) in [5, 5.41) is 3.05. The second kappa shape index (κ2) is 9.33. The van der Waals surface area contributed by atoms with Crippen molar-refractivity contribution >= 4 is 18.4 Å². The maximum atomic E-state index is 11.6. The highest BCUT2D eigenvalue weighted by atomic mass is 16.7. The number of rotatable bonds is 9. The Morgan fingerprint density at radius 2 is 1.81 bits per heavy atom. The molecule has 0 aliphatic rings. The van der Waals surface area contributed by atoms with Gasteiger partial charge < -0.3 is 19.5 Å². The monoisotopic (exact) mass is 303 g/mol. The lowest BCUT2D eigenvalue weighted by Gasteiger charge is -2.18. The first-order chi connectivity index (χ1) is 9.66. The van der Waals surface area contributed by atoms with Gasteiger partial charge in [0.15, 0.2) is 0 Å². The van der Waals surface area contributed by atoms with E-state index in [0.29, 0.717) is 13.0 Å². The molecule has 0 rings (SSSR count). The lowest BCUT2D eigenvalue weighted by atomic mass is 9.98. The zero-order valence-corrected chi connectivity index (χ0v) is 13.3. The van der Waals surface area contributed by atoms with Gasteiger partial charge in [-0.2, -0.15) is 0 Å². The Bertz CT molecular complexity index is 348. The molecule has 0 saturated carbocycles. The standard InChI is InChI=1S/C14H25NO6/c1-10(2)15-7-11(19-8-16)6-12(17)20-9-21-13(18)14(3,4)5/h8,10-11,15H,6-7,9H2,1-5H3. The first-order valence-electron chi connectivity index (χ1n) is 6.82. The molecule has 0 aliphatic heterocycles. The van der Waals surface area contributed by atoms with Crippen LogP contribution in [-0.4, -0.2) is 43.9 Å². The molecular weight excluding hydrogens is 278 g/mol. The van der Waals surface area contributed by atoms with Crippen LogP contribution in [0.3, 0.4) is 0 Å². The van der Waals surface area contributed by atoms with Gasteiger partial charge in [0.2, 0.25) is 6.79 Å². The third-order valence-electron chi connectivity index (χ3n) is 2.42. The van der Waals surface area contributed by atoms with Gasteiger partial charge in [-0.1, -0.05) is 13.8 Å². The van der Waals surface area contributed by atoms with Crippen LogP contribution in [0.2, 0.25) is 0 Å². The van der Waals surface area contributed by atoms with Gasteiger partial charge in [0.25, 0.3) is 6.47 Å². The minimum atomic E-state index is -0.656. The summed E-state index contributed by atoms with van der Waals surface area (Å²) in [4.78, 5) is 33.4. The van der Waals surface area contributed by atoms with Gasteiger partial charge in [0.1, 0.15) is 6.10 Å². The van der Waals surface area contributed by atoms with Gasteiger partial charge in [-0.05, 0) is 20.8 Å². The molecule has 122 valence electrons. The molecule has 0 aromatic rings. The Labute approximate surface area is 125 Å². The number of carbonyl (C=O) groups is 3. The summed E-state index contributed by atoms with van der Waals surface area (Å²) in [5.41, 5.74) is -0.656. The van der Waals surface area contributed by atoms with Gasteiger partial charge >= 0.3 is 11.9 Å². The summed E-state index contributed by atoms with van der Waals surface area (Å²) in [7, 11) is 0. The average Bonchev–Trinajstić information content (AvgIpc) is 2.34. The van der Waals surface area contributed by atoms with E-state index in [1.807, 2.05) is 13.8 Å². The summed E-state index contributed by atoms with van der Waals surface area (Å²) >= 11 is 0. The Morgan fingerprint density at radius 1 is 1.19 bits per heavy atom. The van der Waals surface area contributed by atoms with Crippen molar-refractivity contribution in [3.8, 4) is 0 Å². The van der Waals surface area contributed by atoms with Gasteiger partial charge in [-0.15, -0.1) is 0 Å². The third kappa shape index (κ3) is 9.84. The van der Waals surface area contributed by atoms with Gasteiger partial charge in [-0.3, -0.25) is 14.4 Å². The van der Waals surface area contributed by atoms with Gasteiger partial charge in [0, 0.05) is 12.6 Å². The molecule has 0 spiro atoms. The molecule has 0 aliphatic carbocycles. The van der Waals surface area contributed by atoms with E-state index in [1.54, 1.807) is 20.8 Å². The van der Waals surface area contributed by atoms with Crippen molar-refractivity contribution < 1.29 is 28.6 Å². The molecular formula is C14H25NO6. The first-order valence-corrected chi connectivity index (χ1v) is 6.82. The molecule has 0 radical (unpaired) electrons. The van der Waals surface area contributed by atoms with Crippen LogP contribution in [0.1, 0.15) is 41.0 Å². The fraction of sp³-hybridized carbons (Fsp3) is 0.786. The van der Waals surface area contributed by atoms with E-state index >= 15 is 0 Å². The smallest absolute Gasteiger partial charge is 0.314 e. The van der Waals surface area contributed by atoms with Crippen LogP contribution in [-0.2, 0) is 28.6 Å². The topological polar surface area (TPSA) is 90.9 Å². The Kier molecular flexibility index (Phi) is 8.61. The minimum absolute atomic E-state index is 0.106. The van der Waals surface area contributed by atoms with E-state index in [9.17, 15) is 14.4 Å². The average molecular weight is 303 g/mol. The normalized spacial score (nSPS) is 12.7. The minimum Gasteiger partial charge on any atom is -0.463 e. The molecule has 21 heavy (non-hydrogen) atoms. The second-order valence-electron chi connectivity index (χ2n) is 5.94. The number of hydrogen-bond donors (Lipinski definition) is 1. The van der Waals surface area contributed by atoms with E-state index in [1.165, 1.54) is 0 Å². The summed E-state index contributed by atoms with van der Waals surface area (Å²) in [6.45, 7) is 9.14. The number of hydrogen-bond acceptors (Lipinski definition) is 7. The van der Waals surface area contributed by atoms with Crippen LogP contribution in [0.4, 0.5) is 0 Å². The van der Waals surface area contributed by atoms with Crippen LogP contribution in [0.15, 0.2) is 0 Å². The molecule has 0 saturated heterocycles. The van der Waals surface area contributed by atoms with E-state index in [-0.39, 0.29) is 12.5 Å². The second-order valence-corrected chi connectivity index (χ2v) is 5.94. The highest BCUT2D eigenvalue weighted by Gasteiger charge is 2.23. The SMILES string of the molecule is CC(C)NCC(CC(=O)OCOC(=O)C(C)(C)C)OC=O. The maximum absolute atomic E-state index is 11.6. The van der Waals surface area contributed by atoms with Gasteiger partial charge in [0.05, 0.1) is 11.8 Å². The molecule has 7 nitrogen and oxygen atoms in total. The Hall–Kier alpha value is -1.63. The molecule has 0 heterocycles. The van der Waals surface area contributed by atoms with Crippen molar-refractivity contribution in [1.29, 1.82) is 0 Å². The van der Waals surface area contributed by atoms with E-state index in [4.69, 9.17) is 14.2 Å². The fourth-order valence-corrected chi connectivity index (χ4v) is 1.22. The molecule has 1 N–H and O–H groups in total. The predicted octanol–water partition coefficient (Wildman–Crippen LogP) is 1.01. The van der Waals surface area contributed by atoms with E-state index in [0.717, 1.165) is 0 Å². The number of nitrogens with one attached hydrogen (secondary N) is 1. The fourth-order valence-electron chi connectivity index (χ4n) is 1.22. The zero-order valence-electron chi connectivity index (χ0n) is 13.3. The highest BCUT2D eigenvalue weighted by molar-refractivity contribution is 5.75. The molecule has 0 aromatic carbocycles. The first kappa shape index (κ1) is 19.4. The lowest BCUT2D eigenvalue weighted by molar-refractivity contribution is -0.174. The molecule has 1 unspecified atom stereocenters. The van der Waals surface area contributed by atoms with Crippen LogP contribution in [0.25, 0.3) is 0 Å². The maximum Gasteiger partial charge on any atom is 0.314 e. The van der Waals surface area contributed by atoms with Crippen molar-refractivity contribution in [2.75, 3.05) is 13.3 Å². The quantitative estimate of drug-likeness (QED) is 0.386. The molecule has 7 heteroatoms. The van der Waals surface area contributed by atoms with Gasteiger partial charge in [-0.25, -0.2) is 0 Å². The van der Waals surface area contributed by atoms with Crippen molar-refractivity contribution in [1.82, 2.24) is 5.32 Å².